The third kappa shape index (κ3) is 4.17. The van der Waals surface area contributed by atoms with Gasteiger partial charge in [0.05, 0.1) is 6.10 Å². The van der Waals surface area contributed by atoms with Crippen LogP contribution >= 0.6 is 0 Å². The molecule has 112 valence electrons. The normalized spacial score (nSPS) is 28.9. The Morgan fingerprint density at radius 3 is 2.68 bits per heavy atom. The van der Waals surface area contributed by atoms with Crippen molar-refractivity contribution in [2.75, 3.05) is 32.7 Å². The van der Waals surface area contributed by atoms with E-state index >= 15 is 0 Å². The third-order valence-electron chi connectivity index (χ3n) is 5.14. The molecule has 2 rings (SSSR count). The van der Waals surface area contributed by atoms with Crippen molar-refractivity contribution >= 4 is 0 Å². The summed E-state index contributed by atoms with van der Waals surface area (Å²) in [7, 11) is 0. The van der Waals surface area contributed by atoms with Gasteiger partial charge < -0.3 is 15.3 Å². The van der Waals surface area contributed by atoms with Gasteiger partial charge in [-0.3, -0.25) is 0 Å². The van der Waals surface area contributed by atoms with E-state index in [0.29, 0.717) is 11.3 Å². The second-order valence-electron chi connectivity index (χ2n) is 6.91. The average molecular weight is 268 g/mol. The van der Waals surface area contributed by atoms with E-state index in [4.69, 9.17) is 0 Å². The molecule has 19 heavy (non-hydrogen) atoms. The molecule has 3 nitrogen and oxygen atoms in total. The first kappa shape index (κ1) is 15.3. The van der Waals surface area contributed by atoms with Gasteiger partial charge >= 0.3 is 0 Å². The Bertz CT molecular complexity index is 261. The predicted molar refractivity (Wildman–Crippen MR) is 80.3 cm³/mol. The van der Waals surface area contributed by atoms with Crippen molar-refractivity contribution in [3.05, 3.63) is 0 Å². The molecule has 0 bridgehead atoms. The van der Waals surface area contributed by atoms with Crippen LogP contribution in [0.1, 0.15) is 52.4 Å². The van der Waals surface area contributed by atoms with Crippen LogP contribution in [0.2, 0.25) is 0 Å². The third-order valence-corrected chi connectivity index (χ3v) is 5.14. The molecule has 0 spiro atoms. The average Bonchev–Trinajstić information content (AvgIpc) is 3.00. The number of hydrogen-bond acceptors (Lipinski definition) is 3. The molecular formula is C16H32N2O. The van der Waals surface area contributed by atoms with Gasteiger partial charge in [-0.1, -0.05) is 19.8 Å². The van der Waals surface area contributed by atoms with E-state index in [1.165, 1.54) is 58.2 Å². The van der Waals surface area contributed by atoms with Crippen LogP contribution in [0.25, 0.3) is 0 Å². The Balaban J connectivity index is 1.83. The molecule has 0 aromatic heterocycles. The smallest absolute Gasteiger partial charge is 0.0552 e. The van der Waals surface area contributed by atoms with E-state index in [-0.39, 0.29) is 6.10 Å². The zero-order valence-corrected chi connectivity index (χ0v) is 12.8. The van der Waals surface area contributed by atoms with Crippen molar-refractivity contribution in [2.24, 2.45) is 11.3 Å². The summed E-state index contributed by atoms with van der Waals surface area (Å²) in [4.78, 5) is 2.61. The molecule has 2 fully saturated rings. The molecule has 0 amide bonds. The number of likely N-dealkylation sites (tertiary alicyclic amines) is 1. The number of nitrogens with one attached hydrogen (secondary N) is 1. The first-order chi connectivity index (χ1) is 9.15. The highest BCUT2D eigenvalue weighted by molar-refractivity contribution is 4.91. The molecule has 2 unspecified atom stereocenters. The van der Waals surface area contributed by atoms with Crippen LogP contribution in [0.15, 0.2) is 0 Å². The van der Waals surface area contributed by atoms with E-state index in [1.54, 1.807) is 0 Å². The molecule has 2 aliphatic rings. The molecule has 0 aromatic carbocycles. The van der Waals surface area contributed by atoms with Crippen molar-refractivity contribution < 1.29 is 5.11 Å². The Labute approximate surface area is 118 Å². The molecule has 1 saturated heterocycles. The summed E-state index contributed by atoms with van der Waals surface area (Å²) < 4.78 is 0. The Hall–Kier alpha value is -0.120. The Morgan fingerprint density at radius 1 is 1.37 bits per heavy atom. The topological polar surface area (TPSA) is 35.5 Å². The summed E-state index contributed by atoms with van der Waals surface area (Å²) in [6.45, 7) is 10.1. The lowest BCUT2D eigenvalue weighted by Gasteiger charge is -2.34. The molecule has 1 aliphatic heterocycles. The quantitative estimate of drug-likeness (QED) is 0.695. The van der Waals surface area contributed by atoms with Gasteiger partial charge in [0.25, 0.3) is 0 Å². The minimum absolute atomic E-state index is 0.136. The minimum Gasteiger partial charge on any atom is -0.393 e. The predicted octanol–water partition coefficient (Wildman–Crippen LogP) is 2.25. The van der Waals surface area contributed by atoms with Crippen LogP contribution in [0.5, 0.6) is 0 Å². The highest BCUT2D eigenvalue weighted by Gasteiger charge is 2.37. The van der Waals surface area contributed by atoms with Crippen LogP contribution in [0.4, 0.5) is 0 Å². The number of nitrogens with zero attached hydrogens (tertiary/aromatic N) is 1. The van der Waals surface area contributed by atoms with Gasteiger partial charge in [0, 0.05) is 19.6 Å². The molecule has 1 heterocycles. The lowest BCUT2D eigenvalue weighted by Crippen LogP contribution is -2.42. The fourth-order valence-electron chi connectivity index (χ4n) is 3.92. The van der Waals surface area contributed by atoms with E-state index in [9.17, 15) is 5.11 Å². The van der Waals surface area contributed by atoms with Crippen LogP contribution in [-0.2, 0) is 0 Å². The molecule has 1 saturated carbocycles. The second-order valence-corrected chi connectivity index (χ2v) is 6.91. The second kappa shape index (κ2) is 7.05. The van der Waals surface area contributed by atoms with Gasteiger partial charge in [-0.25, -0.2) is 0 Å². The van der Waals surface area contributed by atoms with Crippen LogP contribution in [-0.4, -0.2) is 48.8 Å². The van der Waals surface area contributed by atoms with Gasteiger partial charge in [0.2, 0.25) is 0 Å². The summed E-state index contributed by atoms with van der Waals surface area (Å²) in [5.41, 5.74) is 0.517. The van der Waals surface area contributed by atoms with Crippen molar-refractivity contribution in [3.63, 3.8) is 0 Å². The van der Waals surface area contributed by atoms with Crippen molar-refractivity contribution in [3.8, 4) is 0 Å². The van der Waals surface area contributed by atoms with Crippen LogP contribution in [0, 0.1) is 11.3 Å². The van der Waals surface area contributed by atoms with Gasteiger partial charge in [0.1, 0.15) is 0 Å². The van der Waals surface area contributed by atoms with Gasteiger partial charge in [-0.15, -0.1) is 0 Å². The molecule has 2 N–H and O–H groups in total. The molecule has 0 aromatic rings. The highest BCUT2D eigenvalue weighted by Crippen LogP contribution is 2.39. The number of hydrogen-bond donors (Lipinski definition) is 2. The number of rotatable bonds is 7. The maximum atomic E-state index is 9.73. The fraction of sp³-hybridized carbons (Fsp3) is 1.00. The van der Waals surface area contributed by atoms with Crippen molar-refractivity contribution in [1.29, 1.82) is 0 Å². The largest absolute Gasteiger partial charge is 0.393 e. The van der Waals surface area contributed by atoms with E-state index < -0.39 is 0 Å². The van der Waals surface area contributed by atoms with Crippen LogP contribution in [0.3, 0.4) is 0 Å². The van der Waals surface area contributed by atoms with E-state index in [0.717, 1.165) is 13.1 Å². The first-order valence-corrected chi connectivity index (χ1v) is 8.26. The monoisotopic (exact) mass is 268 g/mol. The summed E-state index contributed by atoms with van der Waals surface area (Å²) >= 11 is 0. The minimum atomic E-state index is -0.136. The maximum absolute atomic E-state index is 9.73. The summed E-state index contributed by atoms with van der Waals surface area (Å²) in [6, 6.07) is 0. The summed E-state index contributed by atoms with van der Waals surface area (Å²) in [5, 5.41) is 13.4. The molecule has 3 heteroatoms. The molecule has 0 radical (unpaired) electrons. The highest BCUT2D eigenvalue weighted by atomic mass is 16.3. The summed E-state index contributed by atoms with van der Waals surface area (Å²) in [5.74, 6) is 0.502. The molecule has 1 aliphatic carbocycles. The Kier molecular flexibility index (Phi) is 5.67. The standard InChI is InChI=1S/C16H32N2O/c1-3-9-17-12-16(7-4-5-8-16)13-18-10-6-15(11-18)14(2)19/h14-15,17,19H,3-13H2,1-2H3. The molecule has 2 atom stereocenters. The number of aliphatic hydroxyl groups excluding tert-OH is 1. The van der Waals surface area contributed by atoms with Gasteiger partial charge in [-0.05, 0) is 57.0 Å². The van der Waals surface area contributed by atoms with Crippen molar-refractivity contribution in [2.45, 2.75) is 58.5 Å². The molecular weight excluding hydrogens is 236 g/mol. The summed E-state index contributed by atoms with van der Waals surface area (Å²) in [6.07, 6.45) is 7.85. The van der Waals surface area contributed by atoms with Gasteiger partial charge in [0.15, 0.2) is 0 Å². The Morgan fingerprint density at radius 2 is 2.11 bits per heavy atom. The number of aliphatic hydroxyl groups is 1. The zero-order chi connectivity index (χ0) is 13.7. The zero-order valence-electron chi connectivity index (χ0n) is 12.8. The van der Waals surface area contributed by atoms with Crippen LogP contribution < -0.4 is 5.32 Å². The lowest BCUT2D eigenvalue weighted by molar-refractivity contribution is 0.116. The lowest BCUT2D eigenvalue weighted by atomic mass is 9.85. The van der Waals surface area contributed by atoms with Crippen molar-refractivity contribution in [1.82, 2.24) is 10.2 Å². The fourth-order valence-corrected chi connectivity index (χ4v) is 3.92. The van der Waals surface area contributed by atoms with E-state index in [2.05, 4.69) is 17.1 Å². The van der Waals surface area contributed by atoms with Gasteiger partial charge in [-0.2, -0.15) is 0 Å². The SMILES string of the molecule is CCCNCC1(CN2CCC(C(C)O)C2)CCCC1. The maximum Gasteiger partial charge on any atom is 0.0552 e. The van der Waals surface area contributed by atoms with E-state index in [1.807, 2.05) is 6.92 Å². The first-order valence-electron chi connectivity index (χ1n) is 8.26.